The average Bonchev–Trinajstić information content (AvgIpc) is 2.55. The van der Waals surface area contributed by atoms with Crippen LogP contribution in [-0.4, -0.2) is 17.6 Å². The van der Waals surface area contributed by atoms with Crippen LogP contribution < -0.4 is 5.32 Å². The number of carbonyl (C=O) groups excluding carboxylic acids is 1. The number of aryl methyl sites for hydroxylation is 1. The highest BCUT2D eigenvalue weighted by Crippen LogP contribution is 2.35. The predicted molar refractivity (Wildman–Crippen MR) is 102 cm³/mol. The summed E-state index contributed by atoms with van der Waals surface area (Å²) in [4.78, 5) is 16.7. The standard InChI is InChI=1S/C19H16Cl2N2O2/c1-3-25-19(24)15-10-22-18-14(8-12(20)9-16(18)21)17(15)23-13-6-4-5-11(2)7-13/h4-10H,3H2,1-2H3,(H,22,23). The summed E-state index contributed by atoms with van der Waals surface area (Å²) in [6.07, 6.45) is 1.47. The number of nitrogens with zero attached hydrogens (tertiary/aromatic N) is 1. The molecular weight excluding hydrogens is 359 g/mol. The predicted octanol–water partition coefficient (Wildman–Crippen LogP) is 5.77. The van der Waals surface area contributed by atoms with Gasteiger partial charge in [-0.05, 0) is 43.7 Å². The molecule has 6 heteroatoms. The van der Waals surface area contributed by atoms with Crippen LogP contribution in [0.3, 0.4) is 0 Å². The molecule has 0 aliphatic rings. The molecule has 25 heavy (non-hydrogen) atoms. The van der Waals surface area contributed by atoms with Crippen LogP contribution in [0.1, 0.15) is 22.8 Å². The lowest BCUT2D eigenvalue weighted by Crippen LogP contribution is -2.09. The monoisotopic (exact) mass is 374 g/mol. The molecule has 0 aliphatic heterocycles. The number of hydrogen-bond donors (Lipinski definition) is 1. The average molecular weight is 375 g/mol. The Balaban J connectivity index is 2.23. The summed E-state index contributed by atoms with van der Waals surface area (Å²) in [7, 11) is 0. The Morgan fingerprint density at radius 1 is 1.24 bits per heavy atom. The van der Waals surface area contributed by atoms with Crippen molar-refractivity contribution in [1.29, 1.82) is 0 Å². The molecule has 0 fully saturated rings. The van der Waals surface area contributed by atoms with E-state index in [1.165, 1.54) is 6.20 Å². The number of benzene rings is 2. The number of carbonyl (C=O) groups is 1. The van der Waals surface area contributed by atoms with E-state index in [0.29, 0.717) is 32.2 Å². The van der Waals surface area contributed by atoms with Gasteiger partial charge in [0, 0.05) is 22.3 Å². The summed E-state index contributed by atoms with van der Waals surface area (Å²) in [6.45, 7) is 4.03. The molecule has 1 heterocycles. The van der Waals surface area contributed by atoms with Crippen LogP contribution in [0.25, 0.3) is 10.9 Å². The number of nitrogens with one attached hydrogen (secondary N) is 1. The fourth-order valence-electron chi connectivity index (χ4n) is 2.59. The maximum absolute atomic E-state index is 12.4. The molecule has 2 aromatic carbocycles. The maximum Gasteiger partial charge on any atom is 0.341 e. The molecule has 0 radical (unpaired) electrons. The summed E-state index contributed by atoms with van der Waals surface area (Å²) < 4.78 is 5.15. The van der Waals surface area contributed by atoms with Gasteiger partial charge in [-0.2, -0.15) is 0 Å². The second-order valence-electron chi connectivity index (χ2n) is 5.55. The molecule has 128 valence electrons. The van der Waals surface area contributed by atoms with Gasteiger partial charge < -0.3 is 10.1 Å². The van der Waals surface area contributed by atoms with Crippen molar-refractivity contribution < 1.29 is 9.53 Å². The molecule has 4 nitrogen and oxygen atoms in total. The zero-order valence-corrected chi connectivity index (χ0v) is 15.3. The van der Waals surface area contributed by atoms with E-state index < -0.39 is 5.97 Å². The van der Waals surface area contributed by atoms with E-state index in [9.17, 15) is 4.79 Å². The van der Waals surface area contributed by atoms with E-state index >= 15 is 0 Å². The fourth-order valence-corrected chi connectivity index (χ4v) is 3.13. The van der Waals surface area contributed by atoms with E-state index in [1.807, 2.05) is 31.2 Å². The summed E-state index contributed by atoms with van der Waals surface area (Å²) in [5, 5.41) is 4.84. The van der Waals surface area contributed by atoms with Crippen molar-refractivity contribution in [3.8, 4) is 0 Å². The number of hydrogen-bond acceptors (Lipinski definition) is 4. The van der Waals surface area contributed by atoms with E-state index in [-0.39, 0.29) is 6.61 Å². The van der Waals surface area contributed by atoms with Crippen LogP contribution in [0.2, 0.25) is 10.0 Å². The Kier molecular flexibility index (Phi) is 5.11. The number of halogens is 2. The third kappa shape index (κ3) is 3.70. The van der Waals surface area contributed by atoms with Gasteiger partial charge in [0.1, 0.15) is 5.56 Å². The van der Waals surface area contributed by atoms with Gasteiger partial charge in [0.25, 0.3) is 0 Å². The molecule has 0 atom stereocenters. The lowest BCUT2D eigenvalue weighted by molar-refractivity contribution is 0.0527. The number of esters is 1. The first-order valence-corrected chi connectivity index (χ1v) is 8.53. The molecule has 3 aromatic rings. The van der Waals surface area contributed by atoms with Gasteiger partial charge in [-0.25, -0.2) is 4.79 Å². The van der Waals surface area contributed by atoms with E-state index in [1.54, 1.807) is 19.1 Å². The minimum absolute atomic E-state index is 0.275. The van der Waals surface area contributed by atoms with Crippen LogP contribution in [0.5, 0.6) is 0 Å². The number of pyridine rings is 1. The van der Waals surface area contributed by atoms with Gasteiger partial charge in [-0.3, -0.25) is 4.98 Å². The van der Waals surface area contributed by atoms with Crippen molar-refractivity contribution in [2.75, 3.05) is 11.9 Å². The lowest BCUT2D eigenvalue weighted by atomic mass is 10.1. The van der Waals surface area contributed by atoms with Gasteiger partial charge >= 0.3 is 5.97 Å². The molecule has 0 spiro atoms. The molecule has 0 saturated carbocycles. The van der Waals surface area contributed by atoms with Crippen LogP contribution in [0, 0.1) is 6.92 Å². The summed E-state index contributed by atoms with van der Waals surface area (Å²) in [6, 6.07) is 11.2. The van der Waals surface area contributed by atoms with Gasteiger partial charge in [0.2, 0.25) is 0 Å². The molecule has 0 saturated heterocycles. The molecule has 3 rings (SSSR count). The van der Waals surface area contributed by atoms with Crippen molar-refractivity contribution in [3.05, 3.63) is 63.8 Å². The quantitative estimate of drug-likeness (QED) is 0.588. The van der Waals surface area contributed by atoms with Gasteiger partial charge in [-0.1, -0.05) is 35.3 Å². The topological polar surface area (TPSA) is 51.2 Å². The SMILES string of the molecule is CCOC(=O)c1cnc2c(Cl)cc(Cl)cc2c1Nc1cccc(C)c1. The summed E-state index contributed by atoms with van der Waals surface area (Å²) in [5.74, 6) is -0.455. The van der Waals surface area contributed by atoms with Crippen molar-refractivity contribution in [2.24, 2.45) is 0 Å². The molecule has 0 amide bonds. The molecule has 0 unspecified atom stereocenters. The van der Waals surface area contributed by atoms with Crippen LogP contribution in [0.15, 0.2) is 42.6 Å². The number of anilines is 2. The Labute approximate surface area is 155 Å². The van der Waals surface area contributed by atoms with Crippen molar-refractivity contribution >= 4 is 51.4 Å². The highest BCUT2D eigenvalue weighted by atomic mass is 35.5. The smallest absolute Gasteiger partial charge is 0.341 e. The zero-order chi connectivity index (χ0) is 18.0. The first-order chi connectivity index (χ1) is 12.0. The minimum atomic E-state index is -0.455. The fraction of sp³-hybridized carbons (Fsp3) is 0.158. The Morgan fingerprint density at radius 3 is 2.76 bits per heavy atom. The number of fused-ring (bicyclic) bond motifs is 1. The minimum Gasteiger partial charge on any atom is -0.462 e. The Hall–Kier alpha value is -2.30. The molecule has 1 N–H and O–H groups in total. The second kappa shape index (κ2) is 7.30. The summed E-state index contributed by atoms with van der Waals surface area (Å²) in [5.41, 5.74) is 3.40. The number of ether oxygens (including phenoxy) is 1. The zero-order valence-electron chi connectivity index (χ0n) is 13.8. The van der Waals surface area contributed by atoms with Crippen molar-refractivity contribution in [3.63, 3.8) is 0 Å². The van der Waals surface area contributed by atoms with Crippen molar-refractivity contribution in [1.82, 2.24) is 4.98 Å². The van der Waals surface area contributed by atoms with E-state index in [0.717, 1.165) is 11.3 Å². The number of rotatable bonds is 4. The first-order valence-electron chi connectivity index (χ1n) is 7.78. The van der Waals surface area contributed by atoms with Crippen molar-refractivity contribution in [2.45, 2.75) is 13.8 Å². The molecule has 1 aromatic heterocycles. The van der Waals surface area contributed by atoms with Gasteiger partial charge in [0.15, 0.2) is 0 Å². The third-order valence-electron chi connectivity index (χ3n) is 3.67. The second-order valence-corrected chi connectivity index (χ2v) is 6.39. The maximum atomic E-state index is 12.4. The highest BCUT2D eigenvalue weighted by Gasteiger charge is 2.18. The molecular formula is C19H16Cl2N2O2. The van der Waals surface area contributed by atoms with E-state index in [4.69, 9.17) is 27.9 Å². The third-order valence-corrected chi connectivity index (χ3v) is 4.18. The lowest BCUT2D eigenvalue weighted by Gasteiger charge is -2.15. The number of aromatic nitrogens is 1. The van der Waals surface area contributed by atoms with Crippen LogP contribution >= 0.6 is 23.2 Å². The normalized spacial score (nSPS) is 10.7. The Morgan fingerprint density at radius 2 is 2.04 bits per heavy atom. The first kappa shape index (κ1) is 17.5. The highest BCUT2D eigenvalue weighted by molar-refractivity contribution is 6.38. The van der Waals surface area contributed by atoms with Crippen LogP contribution in [-0.2, 0) is 4.74 Å². The summed E-state index contributed by atoms with van der Waals surface area (Å²) >= 11 is 12.4. The van der Waals surface area contributed by atoms with E-state index in [2.05, 4.69) is 10.3 Å². The molecule has 0 bridgehead atoms. The van der Waals surface area contributed by atoms with Gasteiger partial charge in [-0.15, -0.1) is 0 Å². The van der Waals surface area contributed by atoms with Crippen LogP contribution in [0.4, 0.5) is 11.4 Å². The van der Waals surface area contributed by atoms with Gasteiger partial charge in [0.05, 0.1) is 22.8 Å². The largest absolute Gasteiger partial charge is 0.462 e. The molecule has 0 aliphatic carbocycles. The Bertz CT molecular complexity index is 958.